The van der Waals surface area contributed by atoms with Crippen molar-refractivity contribution in [3.05, 3.63) is 0 Å². The molecule has 0 fully saturated rings. The van der Waals surface area contributed by atoms with Crippen molar-refractivity contribution in [1.82, 2.24) is 16.0 Å². The van der Waals surface area contributed by atoms with Crippen LogP contribution in [0.4, 0.5) is 0 Å². The number of guanidine groups is 1. The number of aliphatic hydroxyl groups is 1. The van der Waals surface area contributed by atoms with Crippen LogP contribution in [0.25, 0.3) is 0 Å². The Morgan fingerprint density at radius 3 is 1.94 bits per heavy atom. The number of aliphatic hydroxyl groups excluding tert-OH is 1. The number of hydrogen-bond donors (Lipinski definition) is 9. The number of carboxylic acid groups (broad SMARTS) is 1. The van der Waals surface area contributed by atoms with Crippen LogP contribution in [-0.2, 0) is 19.2 Å². The highest BCUT2D eigenvalue weighted by molar-refractivity contribution is 5.94. The van der Waals surface area contributed by atoms with Gasteiger partial charge < -0.3 is 49.1 Å². The Balaban J connectivity index is 5.17. The SMILES string of the molecule is CC(C)CC(NC(=O)C(CCCCN)NC(=O)C(CO)NC(=O)C(N)CCCN=C(N)N)C(=O)O. The van der Waals surface area contributed by atoms with Crippen molar-refractivity contribution in [2.75, 3.05) is 19.7 Å². The second-order valence-corrected chi connectivity index (χ2v) is 8.67. The maximum atomic E-state index is 12.8. The van der Waals surface area contributed by atoms with Gasteiger partial charge in [-0.3, -0.25) is 19.4 Å². The fourth-order valence-corrected chi connectivity index (χ4v) is 3.12. The number of carbonyl (C=O) groups is 4. The van der Waals surface area contributed by atoms with Gasteiger partial charge in [-0.1, -0.05) is 13.8 Å². The van der Waals surface area contributed by atoms with Gasteiger partial charge in [0.05, 0.1) is 12.6 Å². The quantitative estimate of drug-likeness (QED) is 0.0523. The lowest BCUT2D eigenvalue weighted by Crippen LogP contribution is -2.58. The summed E-state index contributed by atoms with van der Waals surface area (Å²) in [6, 6.07) is -4.53. The molecule has 0 aliphatic carbocycles. The van der Waals surface area contributed by atoms with Gasteiger partial charge in [0.1, 0.15) is 18.1 Å². The fraction of sp³-hybridized carbons (Fsp3) is 0.762. The van der Waals surface area contributed by atoms with Crippen LogP contribution in [-0.4, -0.2) is 83.7 Å². The number of nitrogens with zero attached hydrogens (tertiary/aromatic N) is 1. The predicted molar refractivity (Wildman–Crippen MR) is 131 cm³/mol. The number of aliphatic carboxylic acids is 1. The summed E-state index contributed by atoms with van der Waals surface area (Å²) in [5.41, 5.74) is 21.8. The zero-order valence-corrected chi connectivity index (χ0v) is 20.5. The summed E-state index contributed by atoms with van der Waals surface area (Å²) in [6.45, 7) is 3.57. The third-order valence-electron chi connectivity index (χ3n) is 5.02. The maximum Gasteiger partial charge on any atom is 0.326 e. The molecule has 0 aliphatic rings. The molecule has 0 rings (SSSR count). The third-order valence-corrected chi connectivity index (χ3v) is 5.02. The van der Waals surface area contributed by atoms with Crippen LogP contribution in [0.2, 0.25) is 0 Å². The van der Waals surface area contributed by atoms with Crippen LogP contribution in [0.15, 0.2) is 4.99 Å². The van der Waals surface area contributed by atoms with E-state index in [9.17, 15) is 29.4 Å². The Kier molecular flexibility index (Phi) is 16.0. The van der Waals surface area contributed by atoms with Gasteiger partial charge in [0.15, 0.2) is 5.96 Å². The Bertz CT molecular complexity index is 714. The highest BCUT2D eigenvalue weighted by Gasteiger charge is 2.30. The molecular weight excluding hydrogens is 460 g/mol. The summed E-state index contributed by atoms with van der Waals surface area (Å²) in [6.07, 6.45) is 2.14. The van der Waals surface area contributed by atoms with Crippen molar-refractivity contribution in [2.45, 2.75) is 76.5 Å². The minimum absolute atomic E-state index is 0.0133. The minimum Gasteiger partial charge on any atom is -0.480 e. The summed E-state index contributed by atoms with van der Waals surface area (Å²) in [5.74, 6) is -3.41. The second-order valence-electron chi connectivity index (χ2n) is 8.67. The van der Waals surface area contributed by atoms with Crippen molar-refractivity contribution in [1.29, 1.82) is 0 Å². The maximum absolute atomic E-state index is 12.8. The number of rotatable bonds is 18. The van der Waals surface area contributed by atoms with Crippen molar-refractivity contribution >= 4 is 29.7 Å². The highest BCUT2D eigenvalue weighted by atomic mass is 16.4. The molecule has 0 spiro atoms. The zero-order valence-electron chi connectivity index (χ0n) is 20.5. The first-order valence-electron chi connectivity index (χ1n) is 11.7. The average molecular weight is 503 g/mol. The lowest BCUT2D eigenvalue weighted by Gasteiger charge is -2.25. The lowest BCUT2D eigenvalue weighted by molar-refractivity contribution is -0.143. The van der Waals surface area contributed by atoms with E-state index in [2.05, 4.69) is 20.9 Å². The molecule has 0 aromatic rings. The first-order chi connectivity index (χ1) is 16.4. The van der Waals surface area contributed by atoms with Crippen molar-refractivity contribution < 1.29 is 29.4 Å². The summed E-state index contributed by atoms with van der Waals surface area (Å²) >= 11 is 0. The van der Waals surface area contributed by atoms with E-state index in [-0.39, 0.29) is 37.7 Å². The van der Waals surface area contributed by atoms with E-state index in [1.165, 1.54) is 0 Å². The molecule has 13 N–H and O–H groups in total. The van der Waals surface area contributed by atoms with Gasteiger partial charge >= 0.3 is 5.97 Å². The van der Waals surface area contributed by atoms with E-state index in [4.69, 9.17) is 22.9 Å². The molecule has 0 saturated carbocycles. The van der Waals surface area contributed by atoms with Crippen LogP contribution in [0.5, 0.6) is 0 Å². The number of hydrogen-bond acceptors (Lipinski definition) is 8. The molecular formula is C21H42N8O6. The van der Waals surface area contributed by atoms with E-state index in [1.807, 2.05) is 13.8 Å². The normalized spacial score (nSPS) is 14.3. The van der Waals surface area contributed by atoms with E-state index >= 15 is 0 Å². The summed E-state index contributed by atoms with van der Waals surface area (Å²) in [4.78, 5) is 53.1. The average Bonchev–Trinajstić information content (AvgIpc) is 2.78. The van der Waals surface area contributed by atoms with E-state index in [0.717, 1.165) is 0 Å². The molecule has 0 saturated heterocycles. The molecule has 0 aromatic carbocycles. The van der Waals surface area contributed by atoms with Gasteiger partial charge in [0.25, 0.3) is 0 Å². The highest BCUT2D eigenvalue weighted by Crippen LogP contribution is 2.08. The van der Waals surface area contributed by atoms with Gasteiger partial charge in [0.2, 0.25) is 17.7 Å². The van der Waals surface area contributed by atoms with Crippen LogP contribution < -0.4 is 38.9 Å². The minimum atomic E-state index is -1.36. The number of carboxylic acids is 1. The molecule has 14 heteroatoms. The predicted octanol–water partition coefficient (Wildman–Crippen LogP) is -2.93. The van der Waals surface area contributed by atoms with Crippen LogP contribution in [0.3, 0.4) is 0 Å². The monoisotopic (exact) mass is 502 g/mol. The zero-order chi connectivity index (χ0) is 27.0. The number of unbranched alkanes of at least 4 members (excludes halogenated alkanes) is 1. The molecule has 202 valence electrons. The first kappa shape index (κ1) is 32.0. The molecule has 0 heterocycles. The number of amides is 3. The molecule has 0 aromatic heterocycles. The first-order valence-corrected chi connectivity index (χ1v) is 11.7. The Labute approximate surface area is 205 Å². The topological polar surface area (TPSA) is 261 Å². The number of carbonyl (C=O) groups excluding carboxylic acids is 3. The molecule has 4 atom stereocenters. The largest absolute Gasteiger partial charge is 0.480 e. The molecule has 0 radical (unpaired) electrons. The van der Waals surface area contributed by atoms with Gasteiger partial charge in [-0.25, -0.2) is 4.79 Å². The van der Waals surface area contributed by atoms with Gasteiger partial charge in [-0.15, -0.1) is 0 Å². The standard InChI is InChI=1S/C21H42N8O6/c1-12(2)10-15(20(34)35)28-18(32)14(7-3-4-8-22)27-19(33)16(11-30)29-17(31)13(23)6-5-9-26-21(24)25/h12-16,30H,3-11,22-23H2,1-2H3,(H,27,33)(H,28,32)(H,29,31)(H,34,35)(H4,24,25,26). The fourth-order valence-electron chi connectivity index (χ4n) is 3.12. The summed E-state index contributed by atoms with van der Waals surface area (Å²) in [7, 11) is 0. The lowest BCUT2D eigenvalue weighted by atomic mass is 10.0. The number of nitrogens with two attached hydrogens (primary N) is 4. The van der Waals surface area contributed by atoms with Crippen LogP contribution in [0, 0.1) is 5.92 Å². The number of nitrogens with one attached hydrogen (secondary N) is 3. The molecule has 4 unspecified atom stereocenters. The summed E-state index contributed by atoms with van der Waals surface area (Å²) < 4.78 is 0. The van der Waals surface area contributed by atoms with Gasteiger partial charge in [0, 0.05) is 6.54 Å². The molecule has 3 amide bonds. The van der Waals surface area contributed by atoms with Crippen molar-refractivity contribution in [3.8, 4) is 0 Å². The second kappa shape index (κ2) is 17.5. The number of aliphatic imine (C=N–C) groups is 1. The van der Waals surface area contributed by atoms with Crippen molar-refractivity contribution in [3.63, 3.8) is 0 Å². The van der Waals surface area contributed by atoms with Crippen LogP contribution in [0.1, 0.15) is 52.4 Å². The Hall–Kier alpha value is -2.97. The van der Waals surface area contributed by atoms with E-state index in [0.29, 0.717) is 25.8 Å². The van der Waals surface area contributed by atoms with E-state index in [1.54, 1.807) is 0 Å². The Morgan fingerprint density at radius 2 is 1.43 bits per heavy atom. The van der Waals surface area contributed by atoms with Crippen LogP contribution >= 0.6 is 0 Å². The van der Waals surface area contributed by atoms with Crippen molar-refractivity contribution in [2.24, 2.45) is 33.8 Å². The van der Waals surface area contributed by atoms with Gasteiger partial charge in [-0.05, 0) is 51.0 Å². The molecule has 0 bridgehead atoms. The summed E-state index contributed by atoms with van der Waals surface area (Å²) in [5, 5.41) is 26.3. The van der Waals surface area contributed by atoms with Gasteiger partial charge in [-0.2, -0.15) is 0 Å². The molecule has 14 nitrogen and oxygen atoms in total. The molecule has 35 heavy (non-hydrogen) atoms. The third kappa shape index (κ3) is 14.1. The van der Waals surface area contributed by atoms with E-state index < -0.39 is 54.5 Å². The molecule has 0 aliphatic heterocycles. The Morgan fingerprint density at radius 1 is 0.857 bits per heavy atom. The smallest absolute Gasteiger partial charge is 0.326 e.